The maximum Gasteiger partial charge on any atom is 0.0845 e. The van der Waals surface area contributed by atoms with Crippen molar-refractivity contribution < 1.29 is 0 Å². The first kappa shape index (κ1) is 23.3. The SMILES string of the molecule is CC(C)C(C#N)(CCCN(Cc1ccccc1)Cc1ccccc1)c1ccc(Br)cc1. The average Bonchev–Trinajstić information content (AvgIpc) is 2.79. The molecule has 1 unspecified atom stereocenters. The molecular formula is C28H31BrN2. The van der Waals surface area contributed by atoms with Gasteiger partial charge in [-0.2, -0.15) is 5.26 Å². The van der Waals surface area contributed by atoms with Crippen molar-refractivity contribution in [1.82, 2.24) is 4.90 Å². The number of benzene rings is 3. The zero-order valence-corrected chi connectivity index (χ0v) is 20.1. The van der Waals surface area contributed by atoms with Gasteiger partial charge in [-0.15, -0.1) is 0 Å². The highest BCUT2D eigenvalue weighted by Gasteiger charge is 2.35. The number of hydrogen-bond donors (Lipinski definition) is 0. The van der Waals surface area contributed by atoms with E-state index in [1.807, 2.05) is 12.1 Å². The molecule has 0 bridgehead atoms. The highest BCUT2D eigenvalue weighted by Crippen LogP contribution is 2.37. The Kier molecular flexibility index (Phi) is 8.46. The molecule has 0 fully saturated rings. The second kappa shape index (κ2) is 11.3. The molecule has 0 spiro atoms. The van der Waals surface area contributed by atoms with Crippen LogP contribution in [0.15, 0.2) is 89.4 Å². The van der Waals surface area contributed by atoms with Gasteiger partial charge >= 0.3 is 0 Å². The Bertz CT molecular complexity index is 920. The Balaban J connectivity index is 1.74. The first-order valence-corrected chi connectivity index (χ1v) is 11.8. The van der Waals surface area contributed by atoms with Gasteiger partial charge in [-0.05, 0) is 54.1 Å². The van der Waals surface area contributed by atoms with Gasteiger partial charge in [-0.3, -0.25) is 4.90 Å². The van der Waals surface area contributed by atoms with E-state index in [0.717, 1.165) is 42.5 Å². The summed E-state index contributed by atoms with van der Waals surface area (Å²) in [5, 5.41) is 10.2. The molecule has 3 aromatic rings. The summed E-state index contributed by atoms with van der Waals surface area (Å²) in [6, 6.07) is 32.2. The lowest BCUT2D eigenvalue weighted by Gasteiger charge is -2.32. The Morgan fingerprint density at radius 2 is 1.35 bits per heavy atom. The molecule has 0 radical (unpaired) electrons. The van der Waals surface area contributed by atoms with E-state index in [9.17, 15) is 5.26 Å². The molecule has 160 valence electrons. The van der Waals surface area contributed by atoms with Crippen molar-refractivity contribution in [1.29, 1.82) is 5.26 Å². The van der Waals surface area contributed by atoms with E-state index in [-0.39, 0.29) is 5.92 Å². The molecule has 0 aliphatic heterocycles. The van der Waals surface area contributed by atoms with Gasteiger partial charge < -0.3 is 0 Å². The van der Waals surface area contributed by atoms with Crippen LogP contribution in [0.5, 0.6) is 0 Å². The van der Waals surface area contributed by atoms with E-state index in [1.54, 1.807) is 0 Å². The summed E-state index contributed by atoms with van der Waals surface area (Å²) in [7, 11) is 0. The van der Waals surface area contributed by atoms with Gasteiger partial charge in [0.25, 0.3) is 0 Å². The van der Waals surface area contributed by atoms with Crippen LogP contribution in [-0.4, -0.2) is 11.4 Å². The molecule has 3 aromatic carbocycles. The Labute approximate surface area is 195 Å². The molecule has 0 saturated carbocycles. The molecular weight excluding hydrogens is 444 g/mol. The summed E-state index contributed by atoms with van der Waals surface area (Å²) in [6.07, 6.45) is 1.82. The molecule has 31 heavy (non-hydrogen) atoms. The third-order valence-corrected chi connectivity index (χ3v) is 6.62. The number of hydrogen-bond acceptors (Lipinski definition) is 2. The molecule has 3 heteroatoms. The van der Waals surface area contributed by atoms with Crippen LogP contribution in [0.4, 0.5) is 0 Å². The summed E-state index contributed by atoms with van der Waals surface area (Å²) in [4.78, 5) is 2.49. The first-order chi connectivity index (χ1) is 15.0. The van der Waals surface area contributed by atoms with Crippen LogP contribution < -0.4 is 0 Å². The quantitative estimate of drug-likeness (QED) is 0.307. The molecule has 0 heterocycles. The fourth-order valence-corrected chi connectivity index (χ4v) is 4.51. The highest BCUT2D eigenvalue weighted by atomic mass is 79.9. The number of halogens is 1. The molecule has 0 saturated heterocycles. The smallest absolute Gasteiger partial charge is 0.0845 e. The topological polar surface area (TPSA) is 27.0 Å². The fourth-order valence-electron chi connectivity index (χ4n) is 4.24. The van der Waals surface area contributed by atoms with Gasteiger partial charge in [0.2, 0.25) is 0 Å². The second-order valence-corrected chi connectivity index (χ2v) is 9.45. The monoisotopic (exact) mass is 474 g/mol. The lowest BCUT2D eigenvalue weighted by atomic mass is 9.70. The van der Waals surface area contributed by atoms with Crippen molar-refractivity contribution in [2.24, 2.45) is 5.92 Å². The van der Waals surface area contributed by atoms with Gasteiger partial charge in [-0.1, -0.05) is 103 Å². The van der Waals surface area contributed by atoms with E-state index < -0.39 is 5.41 Å². The van der Waals surface area contributed by atoms with E-state index >= 15 is 0 Å². The van der Waals surface area contributed by atoms with Gasteiger partial charge in [0.1, 0.15) is 0 Å². The molecule has 0 amide bonds. The molecule has 1 atom stereocenters. The summed E-state index contributed by atoms with van der Waals surface area (Å²) in [5.74, 6) is 0.246. The zero-order valence-electron chi connectivity index (χ0n) is 18.5. The summed E-state index contributed by atoms with van der Waals surface area (Å²) in [6.45, 7) is 7.11. The largest absolute Gasteiger partial charge is 0.295 e. The third-order valence-electron chi connectivity index (χ3n) is 6.09. The van der Waals surface area contributed by atoms with Gasteiger partial charge in [0.15, 0.2) is 0 Å². The minimum absolute atomic E-state index is 0.246. The lowest BCUT2D eigenvalue weighted by molar-refractivity contribution is 0.236. The summed E-state index contributed by atoms with van der Waals surface area (Å²) in [5.41, 5.74) is 3.29. The predicted molar refractivity (Wildman–Crippen MR) is 133 cm³/mol. The fraction of sp³-hybridized carbons (Fsp3) is 0.321. The summed E-state index contributed by atoms with van der Waals surface area (Å²) < 4.78 is 1.05. The minimum atomic E-state index is -0.466. The Hall–Kier alpha value is -2.41. The van der Waals surface area contributed by atoms with Crippen molar-refractivity contribution >= 4 is 15.9 Å². The van der Waals surface area contributed by atoms with Crippen LogP contribution in [0.3, 0.4) is 0 Å². The van der Waals surface area contributed by atoms with Crippen molar-refractivity contribution in [3.63, 3.8) is 0 Å². The predicted octanol–water partition coefficient (Wildman–Crippen LogP) is 7.35. The number of rotatable bonds is 10. The van der Waals surface area contributed by atoms with Crippen LogP contribution in [0.2, 0.25) is 0 Å². The van der Waals surface area contributed by atoms with Crippen molar-refractivity contribution in [2.75, 3.05) is 6.54 Å². The number of nitrogens with zero attached hydrogens (tertiary/aromatic N) is 2. The molecule has 2 nitrogen and oxygen atoms in total. The van der Waals surface area contributed by atoms with E-state index in [4.69, 9.17) is 0 Å². The summed E-state index contributed by atoms with van der Waals surface area (Å²) >= 11 is 3.52. The van der Waals surface area contributed by atoms with E-state index in [0.29, 0.717) is 0 Å². The van der Waals surface area contributed by atoms with E-state index in [2.05, 4.69) is 114 Å². The number of nitriles is 1. The van der Waals surface area contributed by atoms with Crippen LogP contribution in [-0.2, 0) is 18.5 Å². The van der Waals surface area contributed by atoms with Crippen molar-refractivity contribution in [3.8, 4) is 6.07 Å². The second-order valence-electron chi connectivity index (χ2n) is 8.53. The normalized spacial score (nSPS) is 13.2. The van der Waals surface area contributed by atoms with Gasteiger partial charge in [0, 0.05) is 17.6 Å². The van der Waals surface area contributed by atoms with Gasteiger partial charge in [0.05, 0.1) is 11.5 Å². The Morgan fingerprint density at radius 3 is 1.81 bits per heavy atom. The van der Waals surface area contributed by atoms with Crippen molar-refractivity contribution in [2.45, 2.75) is 45.2 Å². The van der Waals surface area contributed by atoms with Gasteiger partial charge in [-0.25, -0.2) is 0 Å². The highest BCUT2D eigenvalue weighted by molar-refractivity contribution is 9.10. The maximum atomic E-state index is 10.2. The minimum Gasteiger partial charge on any atom is -0.295 e. The van der Waals surface area contributed by atoms with Crippen molar-refractivity contribution in [3.05, 3.63) is 106 Å². The first-order valence-electron chi connectivity index (χ1n) is 11.0. The van der Waals surface area contributed by atoms with Crippen LogP contribution in [0, 0.1) is 17.2 Å². The van der Waals surface area contributed by atoms with Crippen LogP contribution in [0.1, 0.15) is 43.4 Å². The zero-order chi connectivity index (χ0) is 22.1. The molecule has 0 aliphatic carbocycles. The molecule has 0 N–H and O–H groups in total. The maximum absolute atomic E-state index is 10.2. The average molecular weight is 475 g/mol. The lowest BCUT2D eigenvalue weighted by Crippen LogP contribution is -2.32. The molecule has 3 rings (SSSR count). The van der Waals surface area contributed by atoms with Crippen LogP contribution in [0.25, 0.3) is 0 Å². The molecule has 0 aromatic heterocycles. The van der Waals surface area contributed by atoms with Crippen LogP contribution >= 0.6 is 15.9 Å². The third kappa shape index (κ3) is 6.29. The molecule has 0 aliphatic rings. The Morgan fingerprint density at radius 1 is 0.839 bits per heavy atom. The van der Waals surface area contributed by atoms with E-state index in [1.165, 1.54) is 11.1 Å². The standard InChI is InChI=1S/C28H31BrN2/c1-23(2)28(22-30,26-14-16-27(29)17-15-26)18-9-19-31(20-24-10-5-3-6-11-24)21-25-12-7-4-8-13-25/h3-8,10-17,23H,9,18-21H2,1-2H3.